The minimum absolute atomic E-state index is 0.335. The second kappa shape index (κ2) is 8.34. The van der Waals surface area contributed by atoms with E-state index in [1.165, 1.54) is 0 Å². The lowest BCUT2D eigenvalue weighted by atomic mass is 10.1. The van der Waals surface area contributed by atoms with Crippen LogP contribution in [0.2, 0.25) is 0 Å². The standard InChI is InChI=1S/C13H21N3O3/c1-18-7-8-19-6-2-5-16-10-3-4-12(14)11(9-10)13(15)17/h3-4,9,16H,2,5-8,14H2,1H3,(H2,15,17). The topological polar surface area (TPSA) is 99.6 Å². The van der Waals surface area contributed by atoms with Gasteiger partial charge < -0.3 is 26.3 Å². The van der Waals surface area contributed by atoms with Gasteiger partial charge in [-0.25, -0.2) is 0 Å². The van der Waals surface area contributed by atoms with Crippen LogP contribution < -0.4 is 16.8 Å². The molecule has 106 valence electrons. The fourth-order valence-corrected chi connectivity index (χ4v) is 1.53. The van der Waals surface area contributed by atoms with E-state index in [1.54, 1.807) is 19.2 Å². The van der Waals surface area contributed by atoms with Crippen molar-refractivity contribution in [2.75, 3.05) is 44.5 Å². The van der Waals surface area contributed by atoms with E-state index < -0.39 is 5.91 Å². The summed E-state index contributed by atoms with van der Waals surface area (Å²) in [5.41, 5.74) is 12.4. The average molecular weight is 267 g/mol. The molecule has 1 aromatic rings. The lowest BCUT2D eigenvalue weighted by molar-refractivity contribution is 0.0705. The summed E-state index contributed by atoms with van der Waals surface area (Å²) in [6, 6.07) is 5.13. The first-order valence-electron chi connectivity index (χ1n) is 6.15. The predicted molar refractivity (Wildman–Crippen MR) is 75.2 cm³/mol. The van der Waals surface area contributed by atoms with Crippen LogP contribution in [0.1, 0.15) is 16.8 Å². The average Bonchev–Trinajstić information content (AvgIpc) is 2.39. The molecule has 0 fully saturated rings. The Balaban J connectivity index is 2.30. The van der Waals surface area contributed by atoms with E-state index in [0.29, 0.717) is 31.1 Å². The number of carbonyl (C=O) groups is 1. The molecule has 0 unspecified atom stereocenters. The van der Waals surface area contributed by atoms with E-state index >= 15 is 0 Å². The van der Waals surface area contributed by atoms with E-state index in [9.17, 15) is 4.79 Å². The number of ether oxygens (including phenoxy) is 2. The Morgan fingerprint density at radius 3 is 2.79 bits per heavy atom. The molecular formula is C13H21N3O3. The molecule has 6 heteroatoms. The molecule has 0 aliphatic carbocycles. The highest BCUT2D eigenvalue weighted by molar-refractivity contribution is 5.98. The van der Waals surface area contributed by atoms with Crippen molar-refractivity contribution in [2.45, 2.75) is 6.42 Å². The van der Waals surface area contributed by atoms with Crippen molar-refractivity contribution < 1.29 is 14.3 Å². The normalized spacial score (nSPS) is 10.4. The third-order valence-electron chi connectivity index (χ3n) is 2.55. The molecule has 0 radical (unpaired) electrons. The summed E-state index contributed by atoms with van der Waals surface area (Å²) in [5, 5.41) is 3.18. The van der Waals surface area contributed by atoms with Gasteiger partial charge in [0.15, 0.2) is 0 Å². The molecule has 0 bridgehead atoms. The van der Waals surface area contributed by atoms with Crippen molar-refractivity contribution in [3.05, 3.63) is 23.8 Å². The number of methoxy groups -OCH3 is 1. The van der Waals surface area contributed by atoms with Gasteiger partial charge in [0.05, 0.1) is 18.8 Å². The number of nitrogen functional groups attached to an aromatic ring is 1. The fourth-order valence-electron chi connectivity index (χ4n) is 1.53. The van der Waals surface area contributed by atoms with Crippen molar-refractivity contribution in [3.8, 4) is 0 Å². The second-order valence-corrected chi connectivity index (χ2v) is 4.05. The number of carbonyl (C=O) groups excluding carboxylic acids is 1. The zero-order chi connectivity index (χ0) is 14.1. The smallest absolute Gasteiger partial charge is 0.250 e. The third-order valence-corrected chi connectivity index (χ3v) is 2.55. The van der Waals surface area contributed by atoms with Crippen molar-refractivity contribution in [1.82, 2.24) is 0 Å². The van der Waals surface area contributed by atoms with Gasteiger partial charge in [0.25, 0.3) is 5.91 Å². The van der Waals surface area contributed by atoms with Gasteiger partial charge in [-0.15, -0.1) is 0 Å². The van der Waals surface area contributed by atoms with Gasteiger partial charge in [-0.05, 0) is 24.6 Å². The van der Waals surface area contributed by atoms with Crippen LogP contribution in [0.4, 0.5) is 11.4 Å². The maximum absolute atomic E-state index is 11.1. The molecule has 1 rings (SSSR count). The van der Waals surface area contributed by atoms with E-state index in [-0.39, 0.29) is 0 Å². The molecule has 0 aromatic heterocycles. The largest absolute Gasteiger partial charge is 0.398 e. The highest BCUT2D eigenvalue weighted by Gasteiger charge is 2.06. The number of rotatable bonds is 9. The Hall–Kier alpha value is -1.79. The van der Waals surface area contributed by atoms with Crippen LogP contribution in [-0.2, 0) is 9.47 Å². The molecule has 0 aliphatic heterocycles. The lowest BCUT2D eigenvalue weighted by Gasteiger charge is -2.09. The molecule has 0 saturated carbocycles. The summed E-state index contributed by atoms with van der Waals surface area (Å²) in [7, 11) is 1.64. The van der Waals surface area contributed by atoms with Crippen molar-refractivity contribution in [1.29, 1.82) is 0 Å². The summed E-state index contributed by atoms with van der Waals surface area (Å²) < 4.78 is 10.2. The van der Waals surface area contributed by atoms with Gasteiger partial charge >= 0.3 is 0 Å². The third kappa shape index (κ3) is 5.58. The number of amides is 1. The van der Waals surface area contributed by atoms with Crippen LogP contribution in [0, 0.1) is 0 Å². The first-order chi connectivity index (χ1) is 9.15. The highest BCUT2D eigenvalue weighted by Crippen LogP contribution is 2.17. The molecule has 1 aromatic carbocycles. The molecule has 19 heavy (non-hydrogen) atoms. The monoisotopic (exact) mass is 267 g/mol. The highest BCUT2D eigenvalue weighted by atomic mass is 16.5. The number of hydrogen-bond acceptors (Lipinski definition) is 5. The first kappa shape index (κ1) is 15.3. The van der Waals surface area contributed by atoms with Crippen LogP contribution in [-0.4, -0.2) is 39.4 Å². The van der Waals surface area contributed by atoms with Crippen LogP contribution in [0.3, 0.4) is 0 Å². The molecule has 0 atom stereocenters. The van der Waals surface area contributed by atoms with Crippen LogP contribution in [0.5, 0.6) is 0 Å². The molecule has 0 spiro atoms. The minimum atomic E-state index is -0.524. The van der Waals surface area contributed by atoms with Gasteiger partial charge in [-0.2, -0.15) is 0 Å². The van der Waals surface area contributed by atoms with Gasteiger partial charge in [0, 0.05) is 31.6 Å². The SMILES string of the molecule is COCCOCCCNc1ccc(N)c(C(N)=O)c1. The number of nitrogens with two attached hydrogens (primary N) is 2. The summed E-state index contributed by atoms with van der Waals surface area (Å²) >= 11 is 0. The Bertz CT molecular complexity index is 410. The van der Waals surface area contributed by atoms with Crippen molar-refractivity contribution >= 4 is 17.3 Å². The molecule has 0 aliphatic rings. The Morgan fingerprint density at radius 1 is 1.32 bits per heavy atom. The number of primary amides is 1. The summed E-state index contributed by atoms with van der Waals surface area (Å²) in [5.74, 6) is -0.524. The maximum atomic E-state index is 11.1. The van der Waals surface area contributed by atoms with Crippen LogP contribution in [0.15, 0.2) is 18.2 Å². The molecule has 6 nitrogen and oxygen atoms in total. The molecule has 5 N–H and O–H groups in total. The van der Waals surface area contributed by atoms with Crippen LogP contribution in [0.25, 0.3) is 0 Å². The van der Waals surface area contributed by atoms with Gasteiger partial charge in [-0.3, -0.25) is 4.79 Å². The molecule has 1 amide bonds. The van der Waals surface area contributed by atoms with E-state index in [0.717, 1.165) is 18.7 Å². The zero-order valence-electron chi connectivity index (χ0n) is 11.1. The van der Waals surface area contributed by atoms with Crippen LogP contribution >= 0.6 is 0 Å². The Kier molecular flexibility index (Phi) is 6.70. The minimum Gasteiger partial charge on any atom is -0.398 e. The first-order valence-corrected chi connectivity index (χ1v) is 6.15. The zero-order valence-corrected chi connectivity index (χ0v) is 11.1. The quantitative estimate of drug-likeness (QED) is 0.454. The van der Waals surface area contributed by atoms with E-state index in [1.807, 2.05) is 6.07 Å². The second-order valence-electron chi connectivity index (χ2n) is 4.05. The summed E-state index contributed by atoms with van der Waals surface area (Å²) in [4.78, 5) is 11.1. The number of nitrogens with one attached hydrogen (secondary N) is 1. The fraction of sp³-hybridized carbons (Fsp3) is 0.462. The van der Waals surface area contributed by atoms with Crippen molar-refractivity contribution in [2.24, 2.45) is 5.73 Å². The van der Waals surface area contributed by atoms with Gasteiger partial charge in [-0.1, -0.05) is 0 Å². The van der Waals surface area contributed by atoms with E-state index in [4.69, 9.17) is 20.9 Å². The Labute approximate surface area is 113 Å². The van der Waals surface area contributed by atoms with Gasteiger partial charge in [0.2, 0.25) is 0 Å². The van der Waals surface area contributed by atoms with Gasteiger partial charge in [0.1, 0.15) is 0 Å². The number of anilines is 2. The number of benzene rings is 1. The molecule has 0 heterocycles. The lowest BCUT2D eigenvalue weighted by Crippen LogP contribution is -2.14. The van der Waals surface area contributed by atoms with E-state index in [2.05, 4.69) is 5.32 Å². The predicted octanol–water partition coefficient (Wildman–Crippen LogP) is 0.833. The van der Waals surface area contributed by atoms with Crippen molar-refractivity contribution in [3.63, 3.8) is 0 Å². The Morgan fingerprint density at radius 2 is 2.11 bits per heavy atom. The molecular weight excluding hydrogens is 246 g/mol. The molecule has 0 saturated heterocycles. The number of hydrogen-bond donors (Lipinski definition) is 3. The maximum Gasteiger partial charge on any atom is 0.250 e. The summed E-state index contributed by atoms with van der Waals surface area (Å²) in [6.07, 6.45) is 0.861. The summed E-state index contributed by atoms with van der Waals surface area (Å²) in [6.45, 7) is 2.61.